The van der Waals surface area contributed by atoms with Crippen molar-refractivity contribution in [3.63, 3.8) is 0 Å². The maximum absolute atomic E-state index is 4.51. The van der Waals surface area contributed by atoms with Crippen LogP contribution < -0.4 is 5.32 Å². The molecule has 0 radical (unpaired) electrons. The summed E-state index contributed by atoms with van der Waals surface area (Å²) in [6.07, 6.45) is 2.41. The second-order valence-corrected chi connectivity index (χ2v) is 6.57. The quantitative estimate of drug-likeness (QED) is 0.838. The summed E-state index contributed by atoms with van der Waals surface area (Å²) < 4.78 is 2.12. The molecule has 4 heteroatoms. The molecular formula is C16H30N4. The van der Waals surface area contributed by atoms with Crippen molar-refractivity contribution >= 4 is 0 Å². The fraction of sp³-hybridized carbons (Fsp3) is 0.812. The van der Waals surface area contributed by atoms with Gasteiger partial charge in [0.15, 0.2) is 0 Å². The Morgan fingerprint density at radius 2 is 2.10 bits per heavy atom. The van der Waals surface area contributed by atoms with Crippen LogP contribution in [0.3, 0.4) is 0 Å². The summed E-state index contributed by atoms with van der Waals surface area (Å²) in [6.45, 7) is 12.2. The predicted molar refractivity (Wildman–Crippen MR) is 84.0 cm³/mol. The Kier molecular flexibility index (Phi) is 5.22. The van der Waals surface area contributed by atoms with Gasteiger partial charge < -0.3 is 10.2 Å². The monoisotopic (exact) mass is 278 g/mol. The van der Waals surface area contributed by atoms with Crippen LogP contribution in [0.2, 0.25) is 0 Å². The van der Waals surface area contributed by atoms with E-state index in [2.05, 4.69) is 60.8 Å². The van der Waals surface area contributed by atoms with Crippen LogP contribution in [0, 0.1) is 19.8 Å². The van der Waals surface area contributed by atoms with Crippen molar-refractivity contribution in [2.24, 2.45) is 5.92 Å². The third kappa shape index (κ3) is 3.83. The van der Waals surface area contributed by atoms with Gasteiger partial charge in [-0.25, -0.2) is 0 Å². The molecule has 1 aromatic rings. The summed E-state index contributed by atoms with van der Waals surface area (Å²) >= 11 is 0. The van der Waals surface area contributed by atoms with E-state index in [9.17, 15) is 0 Å². The molecule has 1 aliphatic heterocycles. The predicted octanol–water partition coefficient (Wildman–Crippen LogP) is 2.21. The van der Waals surface area contributed by atoms with Gasteiger partial charge in [-0.3, -0.25) is 4.68 Å². The number of likely N-dealkylation sites (tertiary alicyclic amines) is 1. The molecule has 0 amide bonds. The van der Waals surface area contributed by atoms with E-state index < -0.39 is 0 Å². The first kappa shape index (κ1) is 15.5. The molecule has 114 valence electrons. The number of nitrogens with one attached hydrogen (secondary N) is 1. The average molecular weight is 278 g/mol. The molecule has 1 fully saturated rings. The molecule has 4 nitrogen and oxygen atoms in total. The van der Waals surface area contributed by atoms with Crippen LogP contribution in [0.5, 0.6) is 0 Å². The Labute approximate surface area is 123 Å². The van der Waals surface area contributed by atoms with Crippen molar-refractivity contribution in [1.82, 2.24) is 20.0 Å². The SMILES string of the molecule is Cc1cc(C)n(CCCNC2CC(C)N(C)CC2C)n1. The van der Waals surface area contributed by atoms with E-state index in [0.29, 0.717) is 12.1 Å². The van der Waals surface area contributed by atoms with Crippen LogP contribution in [0.25, 0.3) is 0 Å². The number of piperidine rings is 1. The summed E-state index contributed by atoms with van der Waals surface area (Å²) in [4.78, 5) is 2.47. The first-order chi connectivity index (χ1) is 9.47. The lowest BCUT2D eigenvalue weighted by atomic mass is 9.90. The number of aryl methyl sites for hydroxylation is 3. The number of hydrogen-bond acceptors (Lipinski definition) is 3. The first-order valence-electron chi connectivity index (χ1n) is 7.92. The summed E-state index contributed by atoms with van der Waals surface area (Å²) in [5.41, 5.74) is 2.39. The van der Waals surface area contributed by atoms with E-state index in [1.54, 1.807) is 0 Å². The molecule has 2 rings (SSSR count). The van der Waals surface area contributed by atoms with Crippen molar-refractivity contribution in [3.8, 4) is 0 Å². The fourth-order valence-corrected chi connectivity index (χ4v) is 3.24. The van der Waals surface area contributed by atoms with E-state index >= 15 is 0 Å². The number of hydrogen-bond donors (Lipinski definition) is 1. The molecule has 1 saturated heterocycles. The van der Waals surface area contributed by atoms with Gasteiger partial charge >= 0.3 is 0 Å². The Hall–Kier alpha value is -0.870. The molecule has 0 bridgehead atoms. The summed E-state index contributed by atoms with van der Waals surface area (Å²) in [6, 6.07) is 3.51. The van der Waals surface area contributed by atoms with Crippen molar-refractivity contribution in [3.05, 3.63) is 17.5 Å². The standard InChI is InChI=1S/C16H30N4/c1-12-11-19(5)14(3)10-16(12)17-7-6-8-20-15(4)9-13(2)18-20/h9,12,14,16-17H,6-8,10-11H2,1-5H3. The summed E-state index contributed by atoms with van der Waals surface area (Å²) in [5, 5.41) is 8.26. The Morgan fingerprint density at radius 1 is 1.35 bits per heavy atom. The molecular weight excluding hydrogens is 248 g/mol. The van der Waals surface area contributed by atoms with Crippen LogP contribution in [0.1, 0.15) is 38.1 Å². The molecule has 0 aromatic carbocycles. The van der Waals surface area contributed by atoms with Gasteiger partial charge in [0, 0.05) is 30.9 Å². The highest BCUT2D eigenvalue weighted by Gasteiger charge is 2.28. The second kappa shape index (κ2) is 6.72. The third-order valence-corrected chi connectivity index (χ3v) is 4.67. The van der Waals surface area contributed by atoms with Crippen LogP contribution in [-0.2, 0) is 6.54 Å². The zero-order valence-electron chi connectivity index (χ0n) is 13.7. The lowest BCUT2D eigenvalue weighted by Gasteiger charge is -2.40. The Balaban J connectivity index is 1.72. The highest BCUT2D eigenvalue weighted by atomic mass is 15.3. The average Bonchev–Trinajstić information content (AvgIpc) is 2.69. The van der Waals surface area contributed by atoms with E-state index in [1.807, 2.05) is 0 Å². The smallest absolute Gasteiger partial charge is 0.0596 e. The zero-order chi connectivity index (χ0) is 14.7. The third-order valence-electron chi connectivity index (χ3n) is 4.67. The molecule has 1 N–H and O–H groups in total. The largest absolute Gasteiger partial charge is 0.314 e. The van der Waals surface area contributed by atoms with E-state index in [0.717, 1.165) is 31.1 Å². The van der Waals surface area contributed by atoms with Crippen LogP contribution in [0.4, 0.5) is 0 Å². The van der Waals surface area contributed by atoms with Crippen molar-refractivity contribution in [1.29, 1.82) is 0 Å². The number of rotatable bonds is 5. The van der Waals surface area contributed by atoms with Crippen molar-refractivity contribution in [2.75, 3.05) is 20.1 Å². The molecule has 1 aliphatic rings. The summed E-state index contributed by atoms with van der Waals surface area (Å²) in [7, 11) is 2.24. The minimum Gasteiger partial charge on any atom is -0.314 e. The van der Waals surface area contributed by atoms with Gasteiger partial charge in [0.05, 0.1) is 5.69 Å². The van der Waals surface area contributed by atoms with Crippen LogP contribution >= 0.6 is 0 Å². The van der Waals surface area contributed by atoms with Gasteiger partial charge in [0.1, 0.15) is 0 Å². The first-order valence-corrected chi connectivity index (χ1v) is 7.92. The topological polar surface area (TPSA) is 33.1 Å². The van der Waals surface area contributed by atoms with Crippen molar-refractivity contribution in [2.45, 2.75) is 59.2 Å². The summed E-state index contributed by atoms with van der Waals surface area (Å²) in [5.74, 6) is 0.741. The number of nitrogens with zero attached hydrogens (tertiary/aromatic N) is 3. The van der Waals surface area contributed by atoms with Crippen LogP contribution in [-0.4, -0.2) is 46.9 Å². The van der Waals surface area contributed by atoms with Gasteiger partial charge in [-0.1, -0.05) is 6.92 Å². The van der Waals surface area contributed by atoms with Gasteiger partial charge in [-0.2, -0.15) is 5.10 Å². The van der Waals surface area contributed by atoms with Gasteiger partial charge in [-0.05, 0) is 59.2 Å². The van der Waals surface area contributed by atoms with Gasteiger partial charge in [0.25, 0.3) is 0 Å². The second-order valence-electron chi connectivity index (χ2n) is 6.57. The molecule has 20 heavy (non-hydrogen) atoms. The molecule has 1 aromatic heterocycles. The molecule has 0 aliphatic carbocycles. The Morgan fingerprint density at radius 3 is 2.75 bits per heavy atom. The van der Waals surface area contributed by atoms with Crippen molar-refractivity contribution < 1.29 is 0 Å². The van der Waals surface area contributed by atoms with Crippen LogP contribution in [0.15, 0.2) is 6.07 Å². The minimum atomic E-state index is 0.668. The van der Waals surface area contributed by atoms with Gasteiger partial charge in [-0.15, -0.1) is 0 Å². The van der Waals surface area contributed by atoms with E-state index in [1.165, 1.54) is 18.7 Å². The Bertz CT molecular complexity index is 426. The molecule has 3 unspecified atom stereocenters. The normalized spacial score (nSPS) is 27.9. The molecule has 0 saturated carbocycles. The zero-order valence-corrected chi connectivity index (χ0v) is 13.7. The highest BCUT2D eigenvalue weighted by molar-refractivity contribution is 5.06. The molecule has 0 spiro atoms. The lowest BCUT2D eigenvalue weighted by molar-refractivity contribution is 0.121. The van der Waals surface area contributed by atoms with E-state index in [4.69, 9.17) is 0 Å². The highest BCUT2D eigenvalue weighted by Crippen LogP contribution is 2.20. The molecule has 2 heterocycles. The maximum atomic E-state index is 4.51. The maximum Gasteiger partial charge on any atom is 0.0596 e. The minimum absolute atomic E-state index is 0.668. The van der Waals surface area contributed by atoms with E-state index in [-0.39, 0.29) is 0 Å². The fourth-order valence-electron chi connectivity index (χ4n) is 3.24. The number of aromatic nitrogens is 2. The molecule has 3 atom stereocenters. The lowest BCUT2D eigenvalue weighted by Crippen LogP contribution is -2.51. The van der Waals surface area contributed by atoms with Gasteiger partial charge in [0.2, 0.25) is 0 Å².